The maximum atomic E-state index is 5.62. The lowest BCUT2D eigenvalue weighted by Crippen LogP contribution is -2.32. The molecule has 14 heavy (non-hydrogen) atoms. The summed E-state index contributed by atoms with van der Waals surface area (Å²) in [5.74, 6) is 0.830. The van der Waals surface area contributed by atoms with Crippen molar-refractivity contribution in [1.82, 2.24) is 15.1 Å². The van der Waals surface area contributed by atoms with E-state index in [1.165, 1.54) is 0 Å². The van der Waals surface area contributed by atoms with Gasteiger partial charge in [-0.3, -0.25) is 4.68 Å². The number of nitrogens with one attached hydrogen (secondary N) is 1. The second-order valence-electron chi connectivity index (χ2n) is 4.33. The van der Waals surface area contributed by atoms with Crippen molar-refractivity contribution in [2.24, 2.45) is 12.5 Å². The van der Waals surface area contributed by atoms with Crippen molar-refractivity contribution in [3.8, 4) is 5.75 Å². The summed E-state index contributed by atoms with van der Waals surface area (Å²) < 4.78 is 7.36. The highest BCUT2D eigenvalue weighted by molar-refractivity contribution is 5.11. The molecule has 80 valence electrons. The van der Waals surface area contributed by atoms with E-state index in [1.807, 2.05) is 20.3 Å². The van der Waals surface area contributed by atoms with Crippen LogP contribution in [0.1, 0.15) is 13.8 Å². The molecule has 0 bridgehead atoms. The summed E-state index contributed by atoms with van der Waals surface area (Å²) in [5.41, 5.74) is 0.143. The lowest BCUT2D eigenvalue weighted by atomic mass is 9.95. The van der Waals surface area contributed by atoms with E-state index in [9.17, 15) is 0 Å². The topological polar surface area (TPSA) is 39.1 Å². The highest BCUT2D eigenvalue weighted by atomic mass is 16.5. The maximum Gasteiger partial charge on any atom is 0.157 e. The summed E-state index contributed by atoms with van der Waals surface area (Å²) in [6.07, 6.45) is 3.60. The first-order valence-electron chi connectivity index (χ1n) is 4.79. The maximum absolute atomic E-state index is 5.62. The fourth-order valence-corrected chi connectivity index (χ4v) is 1.28. The van der Waals surface area contributed by atoms with E-state index in [2.05, 4.69) is 24.3 Å². The molecule has 0 aliphatic heterocycles. The molecule has 1 aromatic heterocycles. The van der Waals surface area contributed by atoms with Gasteiger partial charge in [-0.1, -0.05) is 13.8 Å². The Morgan fingerprint density at radius 2 is 2.29 bits per heavy atom. The highest BCUT2D eigenvalue weighted by Gasteiger charge is 2.17. The van der Waals surface area contributed by atoms with E-state index in [-0.39, 0.29) is 5.41 Å². The zero-order valence-electron chi connectivity index (χ0n) is 9.37. The zero-order valence-corrected chi connectivity index (χ0v) is 9.37. The summed E-state index contributed by atoms with van der Waals surface area (Å²) in [7, 11) is 3.83. The Morgan fingerprint density at radius 3 is 2.79 bits per heavy atom. The minimum absolute atomic E-state index is 0.143. The minimum atomic E-state index is 0.143. The Bertz CT molecular complexity index is 281. The molecule has 0 amide bonds. The van der Waals surface area contributed by atoms with E-state index in [1.54, 1.807) is 10.9 Å². The third-order valence-corrected chi connectivity index (χ3v) is 1.97. The molecule has 4 nitrogen and oxygen atoms in total. The lowest BCUT2D eigenvalue weighted by Gasteiger charge is -2.23. The van der Waals surface area contributed by atoms with Crippen LogP contribution in [0, 0.1) is 5.41 Å². The van der Waals surface area contributed by atoms with Gasteiger partial charge in [-0.15, -0.1) is 0 Å². The molecule has 0 spiro atoms. The molecule has 0 aliphatic rings. The molecule has 1 N–H and O–H groups in total. The van der Waals surface area contributed by atoms with Crippen LogP contribution in [0.3, 0.4) is 0 Å². The predicted molar refractivity (Wildman–Crippen MR) is 56.4 cm³/mol. The normalized spacial score (nSPS) is 11.7. The number of aromatic nitrogens is 2. The van der Waals surface area contributed by atoms with Gasteiger partial charge in [-0.25, -0.2) is 0 Å². The third kappa shape index (κ3) is 3.38. The number of hydrogen-bond acceptors (Lipinski definition) is 3. The third-order valence-electron chi connectivity index (χ3n) is 1.97. The van der Waals surface area contributed by atoms with Gasteiger partial charge in [0.25, 0.3) is 0 Å². The van der Waals surface area contributed by atoms with Crippen molar-refractivity contribution >= 4 is 0 Å². The molecular formula is C10H19N3O. The minimum Gasteiger partial charge on any atom is -0.490 e. The van der Waals surface area contributed by atoms with Crippen molar-refractivity contribution in [2.75, 3.05) is 20.2 Å². The van der Waals surface area contributed by atoms with Crippen LogP contribution in [-0.2, 0) is 7.05 Å². The van der Waals surface area contributed by atoms with Crippen molar-refractivity contribution in [3.05, 3.63) is 12.4 Å². The van der Waals surface area contributed by atoms with Crippen LogP contribution in [0.25, 0.3) is 0 Å². The average Bonchev–Trinajstić information content (AvgIpc) is 2.48. The van der Waals surface area contributed by atoms with Crippen molar-refractivity contribution in [2.45, 2.75) is 13.8 Å². The summed E-state index contributed by atoms with van der Waals surface area (Å²) in [4.78, 5) is 0. The molecule has 0 unspecified atom stereocenters. The van der Waals surface area contributed by atoms with E-state index in [4.69, 9.17) is 4.74 Å². The zero-order chi connectivity index (χ0) is 10.6. The second kappa shape index (κ2) is 4.46. The van der Waals surface area contributed by atoms with Gasteiger partial charge >= 0.3 is 0 Å². The highest BCUT2D eigenvalue weighted by Crippen LogP contribution is 2.16. The molecule has 0 aliphatic carbocycles. The van der Waals surface area contributed by atoms with Gasteiger partial charge in [0.15, 0.2) is 5.75 Å². The molecule has 1 rings (SSSR count). The van der Waals surface area contributed by atoms with E-state index < -0.39 is 0 Å². The van der Waals surface area contributed by atoms with Crippen LogP contribution in [0.2, 0.25) is 0 Å². The smallest absolute Gasteiger partial charge is 0.157 e. The average molecular weight is 197 g/mol. The Hall–Kier alpha value is -1.03. The Labute approximate surface area is 85.3 Å². The van der Waals surface area contributed by atoms with Crippen molar-refractivity contribution in [1.29, 1.82) is 0 Å². The Kier molecular flexibility index (Phi) is 3.52. The molecule has 0 atom stereocenters. The number of rotatable bonds is 5. The molecule has 4 heteroatoms. The van der Waals surface area contributed by atoms with Crippen LogP contribution in [0.5, 0.6) is 5.75 Å². The second-order valence-corrected chi connectivity index (χ2v) is 4.33. The van der Waals surface area contributed by atoms with Crippen LogP contribution in [0.15, 0.2) is 12.4 Å². The fourth-order valence-electron chi connectivity index (χ4n) is 1.28. The van der Waals surface area contributed by atoms with Crippen LogP contribution >= 0.6 is 0 Å². The molecular weight excluding hydrogens is 178 g/mol. The number of hydrogen-bond donors (Lipinski definition) is 1. The lowest BCUT2D eigenvalue weighted by molar-refractivity contribution is 0.179. The molecule has 0 aromatic carbocycles. The van der Waals surface area contributed by atoms with Crippen LogP contribution in [0.4, 0.5) is 0 Å². The Morgan fingerprint density at radius 1 is 1.57 bits per heavy atom. The van der Waals surface area contributed by atoms with Gasteiger partial charge in [0, 0.05) is 19.0 Å². The van der Waals surface area contributed by atoms with Gasteiger partial charge in [0.2, 0.25) is 0 Å². The molecule has 0 saturated carbocycles. The van der Waals surface area contributed by atoms with Gasteiger partial charge in [-0.2, -0.15) is 5.10 Å². The predicted octanol–water partition coefficient (Wildman–Crippen LogP) is 1.04. The first-order valence-corrected chi connectivity index (χ1v) is 4.79. The molecule has 0 radical (unpaired) electrons. The van der Waals surface area contributed by atoms with Gasteiger partial charge in [-0.05, 0) is 7.05 Å². The fraction of sp³-hybridized carbons (Fsp3) is 0.700. The van der Waals surface area contributed by atoms with Crippen LogP contribution in [-0.4, -0.2) is 30.0 Å². The molecule has 1 heterocycles. The number of nitrogens with zero attached hydrogens (tertiary/aromatic N) is 2. The quantitative estimate of drug-likeness (QED) is 0.766. The monoisotopic (exact) mass is 197 g/mol. The van der Waals surface area contributed by atoms with Crippen molar-refractivity contribution < 1.29 is 4.74 Å². The first kappa shape index (κ1) is 11.0. The van der Waals surface area contributed by atoms with E-state index in [0.717, 1.165) is 12.3 Å². The summed E-state index contributed by atoms with van der Waals surface area (Å²) in [6, 6.07) is 0. The SMILES string of the molecule is CNCC(C)(C)COc1cnn(C)c1. The number of ether oxygens (including phenoxy) is 1. The summed E-state index contributed by atoms with van der Waals surface area (Å²) in [6.45, 7) is 5.96. The molecule has 0 fully saturated rings. The van der Waals surface area contributed by atoms with Gasteiger partial charge in [0.05, 0.1) is 19.0 Å². The summed E-state index contributed by atoms with van der Waals surface area (Å²) in [5, 5.41) is 7.19. The van der Waals surface area contributed by atoms with E-state index >= 15 is 0 Å². The van der Waals surface area contributed by atoms with Gasteiger partial charge < -0.3 is 10.1 Å². The van der Waals surface area contributed by atoms with Gasteiger partial charge in [0.1, 0.15) is 0 Å². The van der Waals surface area contributed by atoms with E-state index in [0.29, 0.717) is 6.61 Å². The largest absolute Gasteiger partial charge is 0.490 e. The van der Waals surface area contributed by atoms with Crippen LogP contribution < -0.4 is 10.1 Å². The standard InChI is InChI=1S/C10H19N3O/c1-10(2,7-11-3)8-14-9-5-12-13(4)6-9/h5-6,11H,7-8H2,1-4H3. The van der Waals surface area contributed by atoms with Crippen molar-refractivity contribution in [3.63, 3.8) is 0 Å². The Balaban J connectivity index is 2.40. The number of aryl methyl sites for hydroxylation is 1. The first-order chi connectivity index (χ1) is 6.53. The summed E-state index contributed by atoms with van der Waals surface area (Å²) >= 11 is 0. The molecule has 1 aromatic rings. The molecule has 0 saturated heterocycles.